The first kappa shape index (κ1) is 22.0. The van der Waals surface area contributed by atoms with E-state index in [-0.39, 0.29) is 0 Å². The van der Waals surface area contributed by atoms with Crippen molar-refractivity contribution in [3.8, 4) is 5.82 Å². The number of hydrogen-bond donors (Lipinski definition) is 1. The van der Waals surface area contributed by atoms with E-state index in [4.69, 9.17) is 0 Å². The highest BCUT2D eigenvalue weighted by molar-refractivity contribution is 5.80. The van der Waals surface area contributed by atoms with E-state index in [9.17, 15) is 0 Å². The maximum atomic E-state index is 4.59. The fourth-order valence-electron chi connectivity index (χ4n) is 4.42. The molecule has 3 heterocycles. The van der Waals surface area contributed by atoms with Crippen LogP contribution in [0, 0.1) is 6.92 Å². The molecule has 7 nitrogen and oxygen atoms in total. The van der Waals surface area contributed by atoms with Gasteiger partial charge in [-0.15, -0.1) is 0 Å². The van der Waals surface area contributed by atoms with Crippen molar-refractivity contribution in [3.63, 3.8) is 0 Å². The molecule has 0 spiro atoms. The molecule has 0 radical (unpaired) electrons. The van der Waals surface area contributed by atoms with Gasteiger partial charge < -0.3 is 10.2 Å². The minimum absolute atomic E-state index is 0.483. The van der Waals surface area contributed by atoms with Gasteiger partial charge in [-0.1, -0.05) is 43.3 Å². The van der Waals surface area contributed by atoms with E-state index in [2.05, 4.69) is 73.4 Å². The second-order valence-electron chi connectivity index (χ2n) is 8.13. The molecular formula is C25H33N7. The average Bonchev–Trinajstić information content (AvgIpc) is 3.28. The Balaban J connectivity index is 1.31. The predicted octanol–water partition coefficient (Wildman–Crippen LogP) is 3.42. The molecule has 1 atom stereocenters. The molecule has 1 aliphatic rings. The number of nitrogens with one attached hydrogen (secondary N) is 1. The van der Waals surface area contributed by atoms with Crippen molar-refractivity contribution in [1.29, 1.82) is 0 Å². The Kier molecular flexibility index (Phi) is 7.17. The van der Waals surface area contributed by atoms with Crippen LogP contribution in [0.5, 0.6) is 0 Å². The molecule has 0 aliphatic carbocycles. The molecule has 0 bridgehead atoms. The van der Waals surface area contributed by atoms with Crippen LogP contribution in [0.25, 0.3) is 5.82 Å². The van der Waals surface area contributed by atoms with Crippen molar-refractivity contribution < 1.29 is 0 Å². The summed E-state index contributed by atoms with van der Waals surface area (Å²) in [5.74, 6) is 2.76. The minimum Gasteiger partial charge on any atom is -0.352 e. The number of benzene rings is 1. The smallest absolute Gasteiger partial charge is 0.194 e. The van der Waals surface area contributed by atoms with E-state index in [1.165, 1.54) is 5.56 Å². The van der Waals surface area contributed by atoms with Crippen LogP contribution in [0.3, 0.4) is 0 Å². The van der Waals surface area contributed by atoms with Crippen molar-refractivity contribution in [3.05, 3.63) is 78.0 Å². The number of hydrogen-bond acceptors (Lipinski definition) is 4. The van der Waals surface area contributed by atoms with E-state index in [0.717, 1.165) is 55.8 Å². The van der Waals surface area contributed by atoms with Crippen molar-refractivity contribution in [2.45, 2.75) is 32.9 Å². The van der Waals surface area contributed by atoms with Crippen molar-refractivity contribution in [2.24, 2.45) is 4.99 Å². The molecule has 1 unspecified atom stereocenters. The third-order valence-corrected chi connectivity index (χ3v) is 6.17. The van der Waals surface area contributed by atoms with Gasteiger partial charge in [0.05, 0.1) is 0 Å². The van der Waals surface area contributed by atoms with Gasteiger partial charge in [0.15, 0.2) is 5.96 Å². The summed E-state index contributed by atoms with van der Waals surface area (Å²) in [7, 11) is 1.86. The van der Waals surface area contributed by atoms with Gasteiger partial charge in [0.25, 0.3) is 0 Å². The monoisotopic (exact) mass is 431 g/mol. The summed E-state index contributed by atoms with van der Waals surface area (Å²) in [6.45, 7) is 8.97. The number of nitrogens with zero attached hydrogens (tertiary/aromatic N) is 6. The maximum absolute atomic E-state index is 4.59. The molecule has 0 amide bonds. The van der Waals surface area contributed by atoms with E-state index in [1.54, 1.807) is 6.20 Å². The zero-order valence-corrected chi connectivity index (χ0v) is 19.3. The van der Waals surface area contributed by atoms with Gasteiger partial charge in [0, 0.05) is 64.4 Å². The van der Waals surface area contributed by atoms with E-state index >= 15 is 0 Å². The molecule has 0 saturated carbocycles. The molecule has 1 aromatic carbocycles. The average molecular weight is 432 g/mol. The predicted molar refractivity (Wildman–Crippen MR) is 129 cm³/mol. The van der Waals surface area contributed by atoms with Gasteiger partial charge in [-0.3, -0.25) is 14.5 Å². The third kappa shape index (κ3) is 4.99. The van der Waals surface area contributed by atoms with Crippen molar-refractivity contribution in [1.82, 2.24) is 29.7 Å². The lowest BCUT2D eigenvalue weighted by Crippen LogP contribution is -2.52. The SMILES string of the molecule is CCC(c1ccccc1)N1CCN(C(=NC)NCc2ccc(-n3ccnc3C)nc2)CC1. The Hall–Kier alpha value is -3.19. The van der Waals surface area contributed by atoms with Gasteiger partial charge in [0.2, 0.25) is 0 Å². The number of aromatic nitrogens is 3. The quantitative estimate of drug-likeness (QED) is 0.479. The van der Waals surface area contributed by atoms with Crippen LogP contribution in [0.1, 0.15) is 36.3 Å². The second kappa shape index (κ2) is 10.4. The second-order valence-corrected chi connectivity index (χ2v) is 8.13. The Morgan fingerprint density at radius 2 is 1.84 bits per heavy atom. The standard InChI is InChI=1S/C25H33N7/c1-4-23(22-8-6-5-7-9-22)30-14-16-31(17-15-30)25(26-3)29-19-21-10-11-24(28-18-21)32-13-12-27-20(32)2/h5-13,18,23H,4,14-17,19H2,1-3H3,(H,26,29). The number of piperazine rings is 1. The Bertz CT molecular complexity index is 1000. The highest BCUT2D eigenvalue weighted by Crippen LogP contribution is 2.25. The Morgan fingerprint density at radius 3 is 2.44 bits per heavy atom. The summed E-state index contributed by atoms with van der Waals surface area (Å²) in [6.07, 6.45) is 6.76. The molecule has 3 aromatic rings. The van der Waals surface area contributed by atoms with Gasteiger partial charge >= 0.3 is 0 Å². The molecule has 2 aromatic heterocycles. The highest BCUT2D eigenvalue weighted by Gasteiger charge is 2.25. The lowest BCUT2D eigenvalue weighted by molar-refractivity contribution is 0.127. The van der Waals surface area contributed by atoms with E-state index in [1.807, 2.05) is 37.0 Å². The Morgan fingerprint density at radius 1 is 1.06 bits per heavy atom. The molecule has 1 aliphatic heterocycles. The third-order valence-electron chi connectivity index (χ3n) is 6.17. The first-order valence-electron chi connectivity index (χ1n) is 11.4. The van der Waals surface area contributed by atoms with E-state index < -0.39 is 0 Å². The highest BCUT2D eigenvalue weighted by atomic mass is 15.3. The number of aliphatic imine (C=N–C) groups is 1. The van der Waals surface area contributed by atoms with Gasteiger partial charge in [-0.25, -0.2) is 9.97 Å². The van der Waals surface area contributed by atoms with Crippen LogP contribution in [-0.2, 0) is 6.54 Å². The van der Waals surface area contributed by atoms with Crippen molar-refractivity contribution >= 4 is 5.96 Å². The molecule has 168 valence electrons. The number of rotatable bonds is 6. The summed E-state index contributed by atoms with van der Waals surface area (Å²) in [6, 6.07) is 15.5. The summed E-state index contributed by atoms with van der Waals surface area (Å²) in [5, 5.41) is 3.51. The number of aryl methyl sites for hydroxylation is 1. The normalized spacial score (nSPS) is 16.2. The number of imidazole rings is 1. The largest absolute Gasteiger partial charge is 0.352 e. The van der Waals surface area contributed by atoms with Crippen LogP contribution in [-0.4, -0.2) is 63.5 Å². The summed E-state index contributed by atoms with van der Waals surface area (Å²) < 4.78 is 1.98. The van der Waals surface area contributed by atoms with Crippen LogP contribution in [0.4, 0.5) is 0 Å². The van der Waals surface area contributed by atoms with Crippen LogP contribution in [0.15, 0.2) is 66.0 Å². The zero-order valence-electron chi connectivity index (χ0n) is 19.3. The van der Waals surface area contributed by atoms with Gasteiger partial charge in [-0.2, -0.15) is 0 Å². The maximum Gasteiger partial charge on any atom is 0.194 e. The fourth-order valence-corrected chi connectivity index (χ4v) is 4.42. The molecule has 1 saturated heterocycles. The first-order chi connectivity index (χ1) is 15.7. The molecule has 1 N–H and O–H groups in total. The zero-order chi connectivity index (χ0) is 22.3. The molecule has 32 heavy (non-hydrogen) atoms. The molecule has 1 fully saturated rings. The van der Waals surface area contributed by atoms with Crippen LogP contribution in [0.2, 0.25) is 0 Å². The molecule has 4 rings (SSSR count). The van der Waals surface area contributed by atoms with Crippen LogP contribution < -0.4 is 5.32 Å². The van der Waals surface area contributed by atoms with Gasteiger partial charge in [-0.05, 0) is 30.5 Å². The molecule has 7 heteroatoms. The Labute approximate surface area is 190 Å². The lowest BCUT2D eigenvalue weighted by Gasteiger charge is -2.40. The topological polar surface area (TPSA) is 61.6 Å². The minimum atomic E-state index is 0.483. The summed E-state index contributed by atoms with van der Waals surface area (Å²) in [4.78, 5) is 18.3. The lowest BCUT2D eigenvalue weighted by atomic mass is 10.0. The molecular weight excluding hydrogens is 398 g/mol. The number of guanidine groups is 1. The fraction of sp³-hybridized carbons (Fsp3) is 0.400. The summed E-state index contributed by atoms with van der Waals surface area (Å²) in [5.41, 5.74) is 2.54. The first-order valence-corrected chi connectivity index (χ1v) is 11.4. The van der Waals surface area contributed by atoms with Crippen molar-refractivity contribution in [2.75, 3.05) is 33.2 Å². The van der Waals surface area contributed by atoms with E-state index in [0.29, 0.717) is 12.6 Å². The van der Waals surface area contributed by atoms with Crippen LogP contribution >= 0.6 is 0 Å². The summed E-state index contributed by atoms with van der Waals surface area (Å²) >= 11 is 0. The van der Waals surface area contributed by atoms with Gasteiger partial charge in [0.1, 0.15) is 11.6 Å². The number of pyridine rings is 1.